The highest BCUT2D eigenvalue weighted by Crippen LogP contribution is 2.32. The molecule has 0 amide bonds. The molecule has 0 aromatic heterocycles. The van der Waals surface area contributed by atoms with Gasteiger partial charge in [0.05, 0.1) is 17.4 Å². The molecule has 0 aliphatic heterocycles. The van der Waals surface area contributed by atoms with E-state index in [0.717, 1.165) is 38.5 Å². The molecule has 214 valence electrons. The van der Waals surface area contributed by atoms with Crippen molar-refractivity contribution in [2.45, 2.75) is 128 Å². The zero-order chi connectivity index (χ0) is 28.5. The summed E-state index contributed by atoms with van der Waals surface area (Å²) in [5.41, 5.74) is 3.20. The number of aryl methyl sites for hydroxylation is 4. The van der Waals surface area contributed by atoms with Gasteiger partial charge in [-0.15, -0.1) is 0 Å². The van der Waals surface area contributed by atoms with Crippen LogP contribution in [0.4, 0.5) is 0 Å². The molecular formula is C32H50O5S. The fourth-order valence-corrected chi connectivity index (χ4v) is 6.32. The van der Waals surface area contributed by atoms with E-state index >= 15 is 0 Å². The van der Waals surface area contributed by atoms with Crippen LogP contribution in [0, 0.1) is 27.7 Å². The molecule has 0 atom stereocenters. The summed E-state index contributed by atoms with van der Waals surface area (Å²) in [6, 6.07) is 6.47. The molecule has 5 nitrogen and oxygen atoms in total. The zero-order valence-corrected chi connectivity index (χ0v) is 25.3. The number of hydrogen-bond donors (Lipinski definition) is 2. The maximum atomic E-state index is 12.9. The second kappa shape index (κ2) is 18.8. The van der Waals surface area contributed by atoms with Gasteiger partial charge in [-0.3, -0.25) is 4.79 Å². The summed E-state index contributed by atoms with van der Waals surface area (Å²) in [7, 11) is -1.33. The SMILES string of the molecule is CCCCCCCCCCCCCC(=O)OCC.Cc1cc(O)cc(C)c1S(=O)c1c(C)cc(O)cc1C. The Balaban J connectivity index is 0.000000383. The van der Waals surface area contributed by atoms with E-state index in [1.807, 2.05) is 34.6 Å². The van der Waals surface area contributed by atoms with Crippen molar-refractivity contribution in [1.29, 1.82) is 0 Å². The van der Waals surface area contributed by atoms with Crippen molar-refractivity contribution >= 4 is 16.8 Å². The molecule has 2 N–H and O–H groups in total. The second-order valence-corrected chi connectivity index (χ2v) is 11.5. The maximum absolute atomic E-state index is 12.9. The molecule has 0 radical (unpaired) electrons. The summed E-state index contributed by atoms with van der Waals surface area (Å²) in [5, 5.41) is 19.2. The Morgan fingerprint density at radius 3 is 1.34 bits per heavy atom. The number of unbranched alkanes of at least 4 members (excludes halogenated alkanes) is 10. The van der Waals surface area contributed by atoms with Gasteiger partial charge in [-0.2, -0.15) is 0 Å². The minimum atomic E-state index is -1.33. The summed E-state index contributed by atoms with van der Waals surface area (Å²) in [5.74, 6) is 0.327. The van der Waals surface area contributed by atoms with Crippen molar-refractivity contribution in [2.75, 3.05) is 6.61 Å². The molecule has 0 heterocycles. The van der Waals surface area contributed by atoms with Gasteiger partial charge in [-0.05, 0) is 87.6 Å². The van der Waals surface area contributed by atoms with E-state index in [1.54, 1.807) is 24.3 Å². The van der Waals surface area contributed by atoms with Gasteiger partial charge in [0.1, 0.15) is 11.5 Å². The Morgan fingerprint density at radius 1 is 0.658 bits per heavy atom. The summed E-state index contributed by atoms with van der Waals surface area (Å²) >= 11 is 0. The number of ether oxygens (including phenoxy) is 1. The number of carbonyl (C=O) groups is 1. The fraction of sp³-hybridized carbons (Fsp3) is 0.594. The van der Waals surface area contributed by atoms with Crippen LogP contribution in [0.3, 0.4) is 0 Å². The summed E-state index contributed by atoms with van der Waals surface area (Å²) in [4.78, 5) is 12.5. The molecule has 0 unspecified atom stereocenters. The second-order valence-electron chi connectivity index (χ2n) is 10.2. The van der Waals surface area contributed by atoms with E-state index in [2.05, 4.69) is 6.92 Å². The molecule has 38 heavy (non-hydrogen) atoms. The summed E-state index contributed by atoms with van der Waals surface area (Å²) in [6.07, 6.45) is 15.1. The number of benzene rings is 2. The standard InChI is InChI=1S/C16H18O3S.C16H32O2/c1-9-5-13(17)6-10(2)15(9)20(19)16-11(3)7-14(18)8-12(16)4;1-3-5-6-7-8-9-10-11-12-13-14-15-16(17)18-4-2/h5-8,17-18H,1-4H3;3-15H2,1-2H3. The summed E-state index contributed by atoms with van der Waals surface area (Å²) < 4.78 is 17.8. The van der Waals surface area contributed by atoms with Crippen LogP contribution in [0.2, 0.25) is 0 Å². The number of aromatic hydroxyl groups is 2. The van der Waals surface area contributed by atoms with Crippen molar-refractivity contribution in [2.24, 2.45) is 0 Å². The number of esters is 1. The van der Waals surface area contributed by atoms with E-state index in [0.29, 0.717) is 13.0 Å². The van der Waals surface area contributed by atoms with Gasteiger partial charge in [-0.25, -0.2) is 4.21 Å². The topological polar surface area (TPSA) is 83.8 Å². The average molecular weight is 547 g/mol. The van der Waals surface area contributed by atoms with E-state index < -0.39 is 10.8 Å². The third-order valence-corrected chi connectivity index (χ3v) is 8.58. The highest BCUT2D eigenvalue weighted by Gasteiger charge is 2.18. The number of hydrogen-bond acceptors (Lipinski definition) is 5. The molecule has 6 heteroatoms. The molecule has 0 saturated heterocycles. The minimum absolute atomic E-state index is 0.0339. The van der Waals surface area contributed by atoms with E-state index in [4.69, 9.17) is 4.74 Å². The predicted octanol–water partition coefficient (Wildman–Crippen LogP) is 8.75. The van der Waals surface area contributed by atoms with Gasteiger partial charge in [0.25, 0.3) is 0 Å². The van der Waals surface area contributed by atoms with Crippen LogP contribution in [-0.2, 0) is 20.3 Å². The first-order valence-electron chi connectivity index (χ1n) is 14.3. The van der Waals surface area contributed by atoms with Gasteiger partial charge in [-0.1, -0.05) is 71.1 Å². The Morgan fingerprint density at radius 2 is 1.00 bits per heavy atom. The third kappa shape index (κ3) is 12.5. The highest BCUT2D eigenvalue weighted by atomic mass is 32.2. The number of carbonyl (C=O) groups excluding carboxylic acids is 1. The van der Waals surface area contributed by atoms with Crippen molar-refractivity contribution < 1.29 is 24.0 Å². The van der Waals surface area contributed by atoms with Gasteiger partial charge in [0.2, 0.25) is 0 Å². The van der Waals surface area contributed by atoms with Gasteiger partial charge in [0, 0.05) is 16.2 Å². The van der Waals surface area contributed by atoms with Crippen molar-refractivity contribution in [3.8, 4) is 11.5 Å². The van der Waals surface area contributed by atoms with Gasteiger partial charge >= 0.3 is 5.97 Å². The molecule has 0 aliphatic rings. The lowest BCUT2D eigenvalue weighted by molar-refractivity contribution is -0.143. The first kappa shape index (κ1) is 33.7. The molecule has 2 aromatic carbocycles. The molecule has 0 bridgehead atoms. The van der Waals surface area contributed by atoms with E-state index in [-0.39, 0.29) is 17.5 Å². The van der Waals surface area contributed by atoms with Crippen LogP contribution < -0.4 is 0 Å². The van der Waals surface area contributed by atoms with Crippen LogP contribution in [0.1, 0.15) is 113 Å². The van der Waals surface area contributed by atoms with Crippen molar-refractivity contribution in [3.63, 3.8) is 0 Å². The average Bonchev–Trinajstić information content (AvgIpc) is 2.82. The lowest BCUT2D eigenvalue weighted by Crippen LogP contribution is -2.03. The van der Waals surface area contributed by atoms with Gasteiger partial charge in [0.15, 0.2) is 0 Å². The number of phenolic OH excluding ortho intramolecular Hbond substituents is 2. The number of rotatable bonds is 15. The molecule has 2 aromatic rings. The smallest absolute Gasteiger partial charge is 0.305 e. The number of phenols is 2. The molecule has 2 rings (SSSR count). The first-order chi connectivity index (χ1) is 18.1. The largest absolute Gasteiger partial charge is 0.508 e. The normalized spacial score (nSPS) is 10.8. The van der Waals surface area contributed by atoms with Crippen LogP contribution in [0.5, 0.6) is 11.5 Å². The van der Waals surface area contributed by atoms with Crippen LogP contribution in [-0.4, -0.2) is 27.0 Å². The molecular weight excluding hydrogens is 496 g/mol. The zero-order valence-electron chi connectivity index (χ0n) is 24.5. The van der Waals surface area contributed by atoms with Crippen molar-refractivity contribution in [3.05, 3.63) is 46.5 Å². The Labute approximate surface area is 233 Å². The quantitative estimate of drug-likeness (QED) is 0.172. The molecule has 0 aliphatic carbocycles. The fourth-order valence-electron chi connectivity index (χ4n) is 4.71. The monoisotopic (exact) mass is 546 g/mol. The first-order valence-corrected chi connectivity index (χ1v) is 15.4. The van der Waals surface area contributed by atoms with Crippen LogP contribution >= 0.6 is 0 Å². The molecule has 0 spiro atoms. The van der Waals surface area contributed by atoms with E-state index in [1.165, 1.54) is 64.2 Å². The van der Waals surface area contributed by atoms with Crippen LogP contribution in [0.25, 0.3) is 0 Å². The Hall–Kier alpha value is -2.34. The van der Waals surface area contributed by atoms with Gasteiger partial charge < -0.3 is 14.9 Å². The summed E-state index contributed by atoms with van der Waals surface area (Å²) in [6.45, 7) is 12.0. The Kier molecular flexibility index (Phi) is 16.7. The maximum Gasteiger partial charge on any atom is 0.305 e. The predicted molar refractivity (Wildman–Crippen MR) is 158 cm³/mol. The van der Waals surface area contributed by atoms with E-state index in [9.17, 15) is 19.2 Å². The Bertz CT molecular complexity index is 909. The molecule has 0 fully saturated rings. The van der Waals surface area contributed by atoms with Crippen LogP contribution in [0.15, 0.2) is 34.1 Å². The third-order valence-electron chi connectivity index (χ3n) is 6.55. The lowest BCUT2D eigenvalue weighted by atomic mass is 10.1. The highest BCUT2D eigenvalue weighted by molar-refractivity contribution is 7.85. The lowest BCUT2D eigenvalue weighted by Gasteiger charge is -2.14. The minimum Gasteiger partial charge on any atom is -0.508 e. The molecule has 0 saturated carbocycles. The van der Waals surface area contributed by atoms with Crippen molar-refractivity contribution in [1.82, 2.24) is 0 Å².